The number of hydrogen-bond donors (Lipinski definition) is 1. The lowest BCUT2D eigenvalue weighted by atomic mass is 10.3. The zero-order chi connectivity index (χ0) is 8.43. The molecular weight excluding hydrogens is 241 g/mol. The number of rotatable bonds is 1. The molecule has 0 aliphatic heterocycles. The highest BCUT2D eigenvalue weighted by Crippen LogP contribution is 2.28. The van der Waals surface area contributed by atoms with E-state index in [1.165, 1.54) is 0 Å². The van der Waals surface area contributed by atoms with Crippen molar-refractivity contribution in [3.63, 3.8) is 0 Å². The molecule has 0 spiro atoms. The highest BCUT2D eigenvalue weighted by Gasteiger charge is 2.01. The Kier molecular flexibility index (Phi) is 4.42. The minimum absolute atomic E-state index is 0. The fourth-order valence-electron chi connectivity index (χ4n) is 0.844. The van der Waals surface area contributed by atoms with E-state index in [2.05, 4.69) is 15.9 Å². The highest BCUT2D eigenvalue weighted by molar-refractivity contribution is 9.10. The molecule has 0 aliphatic carbocycles. The summed E-state index contributed by atoms with van der Waals surface area (Å²) in [6.07, 6.45) is 0. The van der Waals surface area contributed by atoms with E-state index >= 15 is 0 Å². The number of hydrogen-bond acceptors (Lipinski definition) is 2. The summed E-state index contributed by atoms with van der Waals surface area (Å²) in [6, 6.07) is 5.19. The summed E-state index contributed by atoms with van der Waals surface area (Å²) in [4.78, 5) is 1.93. The van der Waals surface area contributed by atoms with Gasteiger partial charge in [0.1, 0.15) is 5.75 Å². The molecule has 1 rings (SSSR count). The summed E-state index contributed by atoms with van der Waals surface area (Å²) in [6.45, 7) is 0. The molecule has 1 aromatic carbocycles. The number of nitrogens with zero attached hydrogens (tertiary/aromatic N) is 1. The molecule has 0 aromatic heterocycles. The third-order valence-corrected chi connectivity index (χ3v) is 2.08. The molecule has 0 atom stereocenters. The van der Waals surface area contributed by atoms with Gasteiger partial charge in [-0.1, -0.05) is 0 Å². The van der Waals surface area contributed by atoms with Gasteiger partial charge in [-0.15, -0.1) is 12.4 Å². The maximum absolute atomic E-state index is 9.14. The van der Waals surface area contributed by atoms with Crippen molar-refractivity contribution in [3.05, 3.63) is 22.7 Å². The number of phenols is 1. The van der Waals surface area contributed by atoms with Crippen molar-refractivity contribution in [2.45, 2.75) is 0 Å². The van der Waals surface area contributed by atoms with Crippen LogP contribution in [-0.4, -0.2) is 19.2 Å². The van der Waals surface area contributed by atoms with Gasteiger partial charge in [-0.2, -0.15) is 0 Å². The standard InChI is InChI=1S/C8H10BrNO.ClH/c1-10(2)8-5-6(11)3-4-7(8)9;/h3-5,11H,1-2H3;1H. The maximum Gasteiger partial charge on any atom is 0.117 e. The van der Waals surface area contributed by atoms with Crippen molar-refractivity contribution in [2.24, 2.45) is 0 Å². The second-order valence-electron chi connectivity index (χ2n) is 2.53. The zero-order valence-electron chi connectivity index (χ0n) is 6.91. The van der Waals surface area contributed by atoms with Crippen LogP contribution in [0.3, 0.4) is 0 Å². The van der Waals surface area contributed by atoms with Crippen molar-refractivity contribution in [1.82, 2.24) is 0 Å². The number of aromatic hydroxyl groups is 1. The van der Waals surface area contributed by atoms with Crippen LogP contribution in [0, 0.1) is 0 Å². The first-order valence-electron chi connectivity index (χ1n) is 3.27. The summed E-state index contributed by atoms with van der Waals surface area (Å²) in [5.74, 6) is 0.289. The Morgan fingerprint density at radius 3 is 2.33 bits per heavy atom. The van der Waals surface area contributed by atoms with E-state index in [4.69, 9.17) is 5.11 Å². The molecule has 0 bridgehead atoms. The normalized spacial score (nSPS) is 8.92. The number of phenolic OH excluding ortho intramolecular Hbond substituents is 1. The van der Waals surface area contributed by atoms with Crippen LogP contribution in [0.2, 0.25) is 0 Å². The van der Waals surface area contributed by atoms with Crippen molar-refractivity contribution in [1.29, 1.82) is 0 Å². The van der Waals surface area contributed by atoms with Gasteiger partial charge in [-0.3, -0.25) is 0 Å². The van der Waals surface area contributed by atoms with Crippen LogP contribution < -0.4 is 4.90 Å². The zero-order valence-corrected chi connectivity index (χ0v) is 9.32. The summed E-state index contributed by atoms with van der Waals surface area (Å²) in [5, 5.41) is 9.14. The van der Waals surface area contributed by atoms with Crippen LogP contribution in [0.1, 0.15) is 0 Å². The Morgan fingerprint density at radius 2 is 1.92 bits per heavy atom. The van der Waals surface area contributed by atoms with Gasteiger partial charge in [0.15, 0.2) is 0 Å². The third-order valence-electron chi connectivity index (χ3n) is 1.41. The van der Waals surface area contributed by atoms with Crippen LogP contribution >= 0.6 is 28.3 Å². The van der Waals surface area contributed by atoms with Gasteiger partial charge in [-0.25, -0.2) is 0 Å². The maximum atomic E-state index is 9.14. The molecule has 0 heterocycles. The number of halogens is 2. The van der Waals surface area contributed by atoms with Crippen LogP contribution in [0.25, 0.3) is 0 Å². The predicted octanol–water partition coefficient (Wildman–Crippen LogP) is 2.64. The van der Waals surface area contributed by atoms with Crippen molar-refractivity contribution < 1.29 is 5.11 Å². The Bertz CT molecular complexity index is 265. The van der Waals surface area contributed by atoms with Crippen molar-refractivity contribution >= 4 is 34.0 Å². The molecule has 0 aliphatic rings. The lowest BCUT2D eigenvalue weighted by Crippen LogP contribution is -2.08. The average Bonchev–Trinajstić information content (AvgIpc) is 1.94. The molecule has 0 fully saturated rings. The first kappa shape index (κ1) is 11.6. The van der Waals surface area contributed by atoms with Gasteiger partial charge in [0.2, 0.25) is 0 Å². The van der Waals surface area contributed by atoms with E-state index < -0.39 is 0 Å². The predicted molar refractivity (Wildman–Crippen MR) is 57.4 cm³/mol. The molecular formula is C8H11BrClNO. The lowest BCUT2D eigenvalue weighted by molar-refractivity contribution is 0.475. The quantitative estimate of drug-likeness (QED) is 0.831. The summed E-state index contributed by atoms with van der Waals surface area (Å²) < 4.78 is 0.986. The van der Waals surface area contributed by atoms with E-state index in [1.54, 1.807) is 12.1 Å². The Balaban J connectivity index is 0.00000121. The van der Waals surface area contributed by atoms with Gasteiger partial charge in [0.05, 0.1) is 5.69 Å². The first-order valence-corrected chi connectivity index (χ1v) is 4.06. The molecule has 1 aromatic rings. The van der Waals surface area contributed by atoms with Crippen molar-refractivity contribution in [2.75, 3.05) is 19.0 Å². The molecule has 2 nitrogen and oxygen atoms in total. The van der Waals surface area contributed by atoms with Crippen LogP contribution in [0.4, 0.5) is 5.69 Å². The molecule has 0 radical (unpaired) electrons. The SMILES string of the molecule is CN(C)c1cc(O)ccc1Br.Cl. The van der Waals surface area contributed by atoms with Crippen LogP contribution in [0.15, 0.2) is 22.7 Å². The number of anilines is 1. The van der Waals surface area contributed by atoms with E-state index in [-0.39, 0.29) is 18.2 Å². The third kappa shape index (κ3) is 2.57. The van der Waals surface area contributed by atoms with Gasteiger partial charge in [0, 0.05) is 24.6 Å². The minimum atomic E-state index is 0. The Labute approximate surface area is 86.7 Å². The van der Waals surface area contributed by atoms with E-state index in [9.17, 15) is 0 Å². The topological polar surface area (TPSA) is 23.5 Å². The molecule has 4 heteroatoms. The molecule has 0 saturated heterocycles. The monoisotopic (exact) mass is 251 g/mol. The summed E-state index contributed by atoms with van der Waals surface area (Å²) in [7, 11) is 3.86. The molecule has 0 amide bonds. The lowest BCUT2D eigenvalue weighted by Gasteiger charge is -2.14. The average molecular weight is 253 g/mol. The molecule has 0 saturated carbocycles. The Hall–Kier alpha value is -0.410. The van der Waals surface area contributed by atoms with E-state index in [1.807, 2.05) is 25.1 Å². The fraction of sp³-hybridized carbons (Fsp3) is 0.250. The summed E-state index contributed by atoms with van der Waals surface area (Å²) in [5.41, 5.74) is 0.977. The van der Waals surface area contributed by atoms with Crippen molar-refractivity contribution in [3.8, 4) is 5.75 Å². The van der Waals surface area contributed by atoms with Gasteiger partial charge in [0.25, 0.3) is 0 Å². The largest absolute Gasteiger partial charge is 0.508 e. The first-order chi connectivity index (χ1) is 5.11. The fourth-order valence-corrected chi connectivity index (χ4v) is 1.45. The second-order valence-corrected chi connectivity index (χ2v) is 3.38. The highest BCUT2D eigenvalue weighted by atomic mass is 79.9. The van der Waals surface area contributed by atoms with Crippen LogP contribution in [-0.2, 0) is 0 Å². The molecule has 68 valence electrons. The van der Waals surface area contributed by atoms with Crippen LogP contribution in [0.5, 0.6) is 5.75 Å². The van der Waals surface area contributed by atoms with Gasteiger partial charge < -0.3 is 10.0 Å². The smallest absolute Gasteiger partial charge is 0.117 e. The molecule has 0 unspecified atom stereocenters. The van der Waals surface area contributed by atoms with E-state index in [0.717, 1.165) is 10.2 Å². The number of benzene rings is 1. The molecule has 1 N–H and O–H groups in total. The minimum Gasteiger partial charge on any atom is -0.508 e. The van der Waals surface area contributed by atoms with Gasteiger partial charge in [-0.05, 0) is 28.1 Å². The summed E-state index contributed by atoms with van der Waals surface area (Å²) >= 11 is 3.38. The van der Waals surface area contributed by atoms with Gasteiger partial charge >= 0.3 is 0 Å². The van der Waals surface area contributed by atoms with E-state index in [0.29, 0.717) is 0 Å². The second kappa shape index (κ2) is 4.58. The molecule has 12 heavy (non-hydrogen) atoms. The Morgan fingerprint density at radius 1 is 1.33 bits per heavy atom.